The second-order valence-electron chi connectivity index (χ2n) is 4.90. The van der Waals surface area contributed by atoms with Crippen LogP contribution in [0, 0.1) is 0 Å². The molecule has 0 atom stereocenters. The van der Waals surface area contributed by atoms with Crippen molar-refractivity contribution in [2.45, 2.75) is 6.61 Å². The van der Waals surface area contributed by atoms with Gasteiger partial charge >= 0.3 is 5.97 Å². The average Bonchev–Trinajstić information content (AvgIpc) is 2.64. The first kappa shape index (κ1) is 17.4. The summed E-state index contributed by atoms with van der Waals surface area (Å²) in [6.45, 7) is 0.147. The lowest BCUT2D eigenvalue weighted by molar-refractivity contribution is -0.138. The summed E-state index contributed by atoms with van der Waals surface area (Å²) in [5, 5.41) is 0. The van der Waals surface area contributed by atoms with Gasteiger partial charge in [-0.25, -0.2) is 4.79 Å². The molecule has 0 spiro atoms. The van der Waals surface area contributed by atoms with E-state index in [0.717, 1.165) is 11.1 Å². The summed E-state index contributed by atoms with van der Waals surface area (Å²) in [5.41, 5.74) is 1.59. The Balaban J connectivity index is 2.00. The number of hydrogen-bond donors (Lipinski definition) is 0. The Labute approximate surface area is 141 Å². The average molecular weight is 328 g/mol. The van der Waals surface area contributed by atoms with Gasteiger partial charge < -0.3 is 18.9 Å². The van der Waals surface area contributed by atoms with E-state index in [-0.39, 0.29) is 6.61 Å². The van der Waals surface area contributed by atoms with E-state index in [0.29, 0.717) is 17.2 Å². The summed E-state index contributed by atoms with van der Waals surface area (Å²) in [4.78, 5) is 11.9. The predicted octanol–water partition coefficient (Wildman–Crippen LogP) is 3.47. The third-order valence-corrected chi connectivity index (χ3v) is 3.35. The van der Waals surface area contributed by atoms with E-state index in [1.54, 1.807) is 45.6 Å². The molecule has 0 fully saturated rings. The molecule has 5 nitrogen and oxygen atoms in total. The molecule has 0 saturated heterocycles. The van der Waals surface area contributed by atoms with Crippen LogP contribution in [0.4, 0.5) is 0 Å². The minimum atomic E-state index is -0.442. The Morgan fingerprint density at radius 1 is 0.958 bits per heavy atom. The highest BCUT2D eigenvalue weighted by Crippen LogP contribution is 2.23. The molecule has 0 bridgehead atoms. The summed E-state index contributed by atoms with van der Waals surface area (Å²) in [6.07, 6.45) is 3.01. The van der Waals surface area contributed by atoms with Crippen LogP contribution in [-0.4, -0.2) is 27.3 Å². The van der Waals surface area contributed by atoms with Crippen LogP contribution in [0.3, 0.4) is 0 Å². The topological polar surface area (TPSA) is 54.0 Å². The number of carbonyl (C=O) groups is 1. The van der Waals surface area contributed by atoms with E-state index in [4.69, 9.17) is 18.9 Å². The number of methoxy groups -OCH3 is 3. The first-order chi connectivity index (χ1) is 11.7. The fraction of sp³-hybridized carbons (Fsp3) is 0.211. The van der Waals surface area contributed by atoms with Crippen molar-refractivity contribution in [2.75, 3.05) is 21.3 Å². The third-order valence-electron chi connectivity index (χ3n) is 3.35. The van der Waals surface area contributed by atoms with Gasteiger partial charge in [0.2, 0.25) is 0 Å². The zero-order valence-electron chi connectivity index (χ0n) is 13.9. The van der Waals surface area contributed by atoms with Crippen molar-refractivity contribution in [1.82, 2.24) is 0 Å². The molecule has 2 aromatic carbocycles. The number of hydrogen-bond acceptors (Lipinski definition) is 5. The van der Waals surface area contributed by atoms with Crippen LogP contribution >= 0.6 is 0 Å². The first-order valence-corrected chi connectivity index (χ1v) is 7.36. The lowest BCUT2D eigenvalue weighted by Crippen LogP contribution is -2.02. The zero-order chi connectivity index (χ0) is 17.4. The van der Waals surface area contributed by atoms with Gasteiger partial charge in [0.25, 0.3) is 0 Å². The van der Waals surface area contributed by atoms with Gasteiger partial charge in [0, 0.05) is 17.7 Å². The van der Waals surface area contributed by atoms with E-state index < -0.39 is 5.97 Å². The Morgan fingerprint density at radius 2 is 1.62 bits per heavy atom. The highest BCUT2D eigenvalue weighted by atomic mass is 16.5. The Morgan fingerprint density at radius 3 is 2.25 bits per heavy atom. The summed E-state index contributed by atoms with van der Waals surface area (Å²) in [5.74, 6) is 1.54. The quantitative estimate of drug-likeness (QED) is 0.575. The van der Waals surface area contributed by atoms with Crippen molar-refractivity contribution in [3.05, 3.63) is 59.7 Å². The number of carbonyl (C=O) groups excluding carboxylic acids is 1. The molecule has 0 aliphatic carbocycles. The maximum Gasteiger partial charge on any atom is 0.331 e. The lowest BCUT2D eigenvalue weighted by atomic mass is 10.2. The largest absolute Gasteiger partial charge is 0.497 e. The van der Waals surface area contributed by atoms with Crippen molar-refractivity contribution in [3.8, 4) is 17.2 Å². The van der Waals surface area contributed by atoms with Crippen molar-refractivity contribution >= 4 is 12.0 Å². The van der Waals surface area contributed by atoms with Gasteiger partial charge in [-0.05, 0) is 29.8 Å². The molecule has 0 N–H and O–H groups in total. The molecular weight excluding hydrogens is 308 g/mol. The molecule has 0 aliphatic rings. The van der Waals surface area contributed by atoms with E-state index in [1.165, 1.54) is 6.08 Å². The van der Waals surface area contributed by atoms with E-state index >= 15 is 0 Å². The van der Waals surface area contributed by atoms with Crippen molar-refractivity contribution in [2.24, 2.45) is 0 Å². The Hall–Kier alpha value is -2.95. The maximum atomic E-state index is 11.9. The summed E-state index contributed by atoms with van der Waals surface area (Å²) < 4.78 is 20.8. The van der Waals surface area contributed by atoms with Gasteiger partial charge in [0.15, 0.2) is 0 Å². The van der Waals surface area contributed by atoms with Gasteiger partial charge in [-0.1, -0.05) is 18.2 Å². The van der Waals surface area contributed by atoms with E-state index in [2.05, 4.69) is 0 Å². The lowest BCUT2D eigenvalue weighted by Gasteiger charge is -2.08. The first-order valence-electron chi connectivity index (χ1n) is 7.36. The molecule has 5 heteroatoms. The Bertz CT molecular complexity index is 699. The van der Waals surface area contributed by atoms with Gasteiger partial charge in [-0.3, -0.25) is 0 Å². The van der Waals surface area contributed by atoms with Crippen molar-refractivity contribution in [1.29, 1.82) is 0 Å². The summed E-state index contributed by atoms with van der Waals surface area (Å²) in [6, 6.07) is 12.8. The van der Waals surface area contributed by atoms with Crippen LogP contribution in [0.1, 0.15) is 11.1 Å². The normalized spacial score (nSPS) is 10.5. The Kier molecular flexibility index (Phi) is 6.25. The molecule has 2 aromatic rings. The molecule has 0 amide bonds. The second kappa shape index (κ2) is 8.62. The zero-order valence-corrected chi connectivity index (χ0v) is 13.9. The minimum absolute atomic E-state index is 0.147. The van der Waals surface area contributed by atoms with Crippen LogP contribution in [0.2, 0.25) is 0 Å². The molecule has 2 rings (SSSR count). The van der Waals surface area contributed by atoms with Crippen molar-refractivity contribution < 1.29 is 23.7 Å². The van der Waals surface area contributed by atoms with Crippen LogP contribution in [0.5, 0.6) is 17.2 Å². The molecule has 0 aliphatic heterocycles. The number of para-hydroxylation sites is 1. The highest BCUT2D eigenvalue weighted by Gasteiger charge is 2.05. The summed E-state index contributed by atoms with van der Waals surface area (Å²) >= 11 is 0. The van der Waals surface area contributed by atoms with Crippen molar-refractivity contribution in [3.63, 3.8) is 0 Å². The number of esters is 1. The third kappa shape index (κ3) is 4.78. The van der Waals surface area contributed by atoms with Gasteiger partial charge in [-0.2, -0.15) is 0 Å². The monoisotopic (exact) mass is 328 g/mol. The minimum Gasteiger partial charge on any atom is -0.497 e. The van der Waals surface area contributed by atoms with Gasteiger partial charge in [0.1, 0.15) is 23.9 Å². The number of rotatable bonds is 7. The molecule has 0 saturated carbocycles. The summed E-state index contributed by atoms with van der Waals surface area (Å²) in [7, 11) is 4.73. The van der Waals surface area contributed by atoms with E-state index in [9.17, 15) is 4.79 Å². The number of benzene rings is 2. The highest BCUT2D eigenvalue weighted by molar-refractivity contribution is 5.87. The molecule has 24 heavy (non-hydrogen) atoms. The smallest absolute Gasteiger partial charge is 0.331 e. The number of ether oxygens (including phenoxy) is 4. The van der Waals surface area contributed by atoms with Gasteiger partial charge in [0.05, 0.1) is 21.3 Å². The molecule has 0 heterocycles. The van der Waals surface area contributed by atoms with Crippen LogP contribution in [0.15, 0.2) is 48.5 Å². The fourth-order valence-corrected chi connectivity index (χ4v) is 2.11. The second-order valence-corrected chi connectivity index (χ2v) is 4.90. The molecule has 0 radical (unpaired) electrons. The molecule has 0 unspecified atom stereocenters. The molecule has 0 aromatic heterocycles. The molecular formula is C19H20O5. The fourth-order valence-electron chi connectivity index (χ4n) is 2.11. The van der Waals surface area contributed by atoms with Crippen LogP contribution in [0.25, 0.3) is 6.08 Å². The maximum absolute atomic E-state index is 11.9. The van der Waals surface area contributed by atoms with Gasteiger partial charge in [-0.15, -0.1) is 0 Å². The van der Waals surface area contributed by atoms with E-state index in [1.807, 2.05) is 24.3 Å². The standard InChI is InChI=1S/C19H20O5/c1-21-16-10-14(11-17(12-16)22-2)8-9-19(20)24-13-15-6-4-5-7-18(15)23-3/h4-12H,13H2,1-3H3/b9-8+. The van der Waals surface area contributed by atoms with Crippen LogP contribution in [-0.2, 0) is 16.1 Å². The predicted molar refractivity (Wildman–Crippen MR) is 91.4 cm³/mol. The molecule has 126 valence electrons. The van der Waals surface area contributed by atoms with Crippen LogP contribution < -0.4 is 14.2 Å². The SMILES string of the molecule is COc1cc(/C=C/C(=O)OCc2ccccc2OC)cc(OC)c1.